The molecule has 0 saturated carbocycles. The van der Waals surface area contributed by atoms with Crippen LogP contribution in [-0.2, 0) is 0 Å². The standard InChI is InChI=1S/C16H23NO/c1-11-6-12(2)8-15(7-11)18-16-9-13-4-3-5-14(10-16)17-13/h6-8,13-14,16-17H,3-5,9-10H2,1-2H3/t13-,14+,16+. The maximum absolute atomic E-state index is 6.21. The zero-order valence-corrected chi connectivity index (χ0v) is 11.4. The summed E-state index contributed by atoms with van der Waals surface area (Å²) in [6, 6.07) is 7.89. The number of rotatable bonds is 2. The zero-order chi connectivity index (χ0) is 12.5. The van der Waals surface area contributed by atoms with Gasteiger partial charge in [-0.2, -0.15) is 0 Å². The van der Waals surface area contributed by atoms with Gasteiger partial charge in [-0.15, -0.1) is 0 Å². The molecular formula is C16H23NO. The normalized spacial score (nSPS) is 31.1. The Kier molecular flexibility index (Phi) is 3.29. The smallest absolute Gasteiger partial charge is 0.120 e. The van der Waals surface area contributed by atoms with E-state index in [9.17, 15) is 0 Å². The number of fused-ring (bicyclic) bond motifs is 2. The molecule has 0 unspecified atom stereocenters. The maximum Gasteiger partial charge on any atom is 0.120 e. The molecule has 0 aromatic heterocycles. The van der Waals surface area contributed by atoms with E-state index in [1.54, 1.807) is 0 Å². The van der Waals surface area contributed by atoms with Gasteiger partial charge in [0.25, 0.3) is 0 Å². The van der Waals surface area contributed by atoms with Gasteiger partial charge in [0, 0.05) is 12.1 Å². The molecule has 0 amide bonds. The van der Waals surface area contributed by atoms with Gasteiger partial charge in [-0.25, -0.2) is 0 Å². The van der Waals surface area contributed by atoms with E-state index in [4.69, 9.17) is 4.74 Å². The summed E-state index contributed by atoms with van der Waals surface area (Å²) in [6.45, 7) is 4.27. The minimum atomic E-state index is 0.405. The van der Waals surface area contributed by atoms with Crippen molar-refractivity contribution in [2.45, 2.75) is 64.1 Å². The van der Waals surface area contributed by atoms with E-state index < -0.39 is 0 Å². The fourth-order valence-corrected chi connectivity index (χ4v) is 3.50. The van der Waals surface area contributed by atoms with Gasteiger partial charge in [0.05, 0.1) is 0 Å². The summed E-state index contributed by atoms with van der Waals surface area (Å²) in [4.78, 5) is 0. The summed E-state index contributed by atoms with van der Waals surface area (Å²) in [5.74, 6) is 1.05. The molecule has 2 fully saturated rings. The molecule has 0 spiro atoms. The van der Waals surface area contributed by atoms with Crippen LogP contribution >= 0.6 is 0 Å². The molecule has 2 heteroatoms. The third kappa shape index (κ3) is 2.69. The predicted octanol–water partition coefficient (Wildman–Crippen LogP) is 3.36. The molecule has 0 radical (unpaired) electrons. The van der Waals surface area contributed by atoms with Crippen molar-refractivity contribution in [3.63, 3.8) is 0 Å². The molecule has 98 valence electrons. The molecule has 2 heterocycles. The van der Waals surface area contributed by atoms with E-state index in [0.717, 1.165) is 5.75 Å². The maximum atomic E-state index is 6.21. The van der Waals surface area contributed by atoms with E-state index in [2.05, 4.69) is 37.4 Å². The molecule has 2 saturated heterocycles. The van der Waals surface area contributed by atoms with Crippen molar-refractivity contribution in [3.8, 4) is 5.75 Å². The summed E-state index contributed by atoms with van der Waals surface area (Å²) in [5.41, 5.74) is 2.58. The number of aryl methyl sites for hydroxylation is 2. The second-order valence-corrected chi connectivity index (χ2v) is 6.03. The highest BCUT2D eigenvalue weighted by atomic mass is 16.5. The van der Waals surface area contributed by atoms with Crippen LogP contribution in [0, 0.1) is 13.8 Å². The van der Waals surface area contributed by atoms with Crippen LogP contribution in [0.25, 0.3) is 0 Å². The van der Waals surface area contributed by atoms with E-state index in [1.807, 2.05) is 0 Å². The molecular weight excluding hydrogens is 222 g/mol. The molecule has 3 atom stereocenters. The van der Waals surface area contributed by atoms with Gasteiger partial charge in [-0.1, -0.05) is 12.5 Å². The van der Waals surface area contributed by atoms with Crippen molar-refractivity contribution < 1.29 is 4.74 Å². The first-order valence-corrected chi connectivity index (χ1v) is 7.20. The zero-order valence-electron chi connectivity index (χ0n) is 11.4. The largest absolute Gasteiger partial charge is 0.490 e. The van der Waals surface area contributed by atoms with Crippen LogP contribution in [0.1, 0.15) is 43.2 Å². The van der Waals surface area contributed by atoms with Crippen LogP contribution < -0.4 is 10.1 Å². The van der Waals surface area contributed by atoms with Crippen LogP contribution in [0.5, 0.6) is 5.75 Å². The van der Waals surface area contributed by atoms with Gasteiger partial charge in [0.2, 0.25) is 0 Å². The van der Waals surface area contributed by atoms with Crippen LogP contribution in [0.15, 0.2) is 18.2 Å². The Morgan fingerprint density at radius 3 is 2.22 bits per heavy atom. The molecule has 2 aliphatic rings. The first kappa shape index (κ1) is 12.0. The van der Waals surface area contributed by atoms with Crippen molar-refractivity contribution >= 4 is 0 Å². The van der Waals surface area contributed by atoms with Crippen molar-refractivity contribution in [1.29, 1.82) is 0 Å². The second kappa shape index (κ2) is 4.93. The topological polar surface area (TPSA) is 21.3 Å². The molecule has 2 bridgehead atoms. The fourth-order valence-electron chi connectivity index (χ4n) is 3.50. The van der Waals surface area contributed by atoms with Crippen LogP contribution in [-0.4, -0.2) is 18.2 Å². The number of hydrogen-bond acceptors (Lipinski definition) is 2. The van der Waals surface area contributed by atoms with Gasteiger partial charge in [0.1, 0.15) is 11.9 Å². The number of hydrogen-bond donors (Lipinski definition) is 1. The summed E-state index contributed by atoms with van der Waals surface area (Å²) in [7, 11) is 0. The van der Waals surface area contributed by atoms with Gasteiger partial charge in [-0.05, 0) is 62.8 Å². The Balaban J connectivity index is 1.68. The first-order chi connectivity index (χ1) is 8.69. The Hall–Kier alpha value is -1.02. The second-order valence-electron chi connectivity index (χ2n) is 6.03. The quantitative estimate of drug-likeness (QED) is 0.862. The van der Waals surface area contributed by atoms with E-state index >= 15 is 0 Å². The molecule has 18 heavy (non-hydrogen) atoms. The minimum Gasteiger partial charge on any atom is -0.490 e. The Morgan fingerprint density at radius 2 is 1.61 bits per heavy atom. The molecule has 1 aromatic rings. The van der Waals surface area contributed by atoms with E-state index in [0.29, 0.717) is 18.2 Å². The Morgan fingerprint density at radius 1 is 1.00 bits per heavy atom. The summed E-state index contributed by atoms with van der Waals surface area (Å²) in [6.07, 6.45) is 6.78. The average molecular weight is 245 g/mol. The highest BCUT2D eigenvalue weighted by Gasteiger charge is 2.32. The minimum absolute atomic E-state index is 0.405. The molecule has 2 aliphatic heterocycles. The summed E-state index contributed by atoms with van der Waals surface area (Å²) >= 11 is 0. The number of nitrogens with one attached hydrogen (secondary N) is 1. The number of piperidine rings is 2. The lowest BCUT2D eigenvalue weighted by Crippen LogP contribution is -2.51. The number of ether oxygens (including phenoxy) is 1. The fraction of sp³-hybridized carbons (Fsp3) is 0.625. The molecule has 3 rings (SSSR count). The SMILES string of the molecule is Cc1cc(C)cc(O[C@H]2C[C@H]3CCC[C@@H](C2)N3)c1. The lowest BCUT2D eigenvalue weighted by molar-refractivity contribution is 0.0926. The lowest BCUT2D eigenvalue weighted by atomic mass is 9.85. The van der Waals surface area contributed by atoms with Crippen LogP contribution in [0.2, 0.25) is 0 Å². The van der Waals surface area contributed by atoms with Crippen LogP contribution in [0.3, 0.4) is 0 Å². The van der Waals surface area contributed by atoms with Crippen molar-refractivity contribution in [3.05, 3.63) is 29.3 Å². The van der Waals surface area contributed by atoms with Gasteiger partial charge >= 0.3 is 0 Å². The van der Waals surface area contributed by atoms with Gasteiger partial charge in [0.15, 0.2) is 0 Å². The molecule has 1 N–H and O–H groups in total. The monoisotopic (exact) mass is 245 g/mol. The first-order valence-electron chi connectivity index (χ1n) is 7.20. The highest BCUT2D eigenvalue weighted by Crippen LogP contribution is 2.29. The molecule has 2 nitrogen and oxygen atoms in total. The van der Waals surface area contributed by atoms with Gasteiger partial charge in [-0.3, -0.25) is 0 Å². The summed E-state index contributed by atoms with van der Waals surface area (Å²) in [5, 5.41) is 3.71. The van der Waals surface area contributed by atoms with E-state index in [1.165, 1.54) is 43.2 Å². The Bertz CT molecular complexity index is 397. The third-order valence-corrected chi connectivity index (χ3v) is 4.17. The van der Waals surface area contributed by atoms with Crippen LogP contribution in [0.4, 0.5) is 0 Å². The van der Waals surface area contributed by atoms with Crippen molar-refractivity contribution in [2.75, 3.05) is 0 Å². The number of benzene rings is 1. The van der Waals surface area contributed by atoms with Gasteiger partial charge < -0.3 is 10.1 Å². The lowest BCUT2D eigenvalue weighted by Gasteiger charge is -2.40. The Labute approximate surface area is 110 Å². The van der Waals surface area contributed by atoms with E-state index in [-0.39, 0.29) is 0 Å². The van der Waals surface area contributed by atoms with Crippen molar-refractivity contribution in [2.24, 2.45) is 0 Å². The predicted molar refractivity (Wildman–Crippen MR) is 74.1 cm³/mol. The molecule has 0 aliphatic carbocycles. The average Bonchev–Trinajstić information content (AvgIpc) is 2.26. The molecule has 1 aromatic carbocycles. The summed E-state index contributed by atoms with van der Waals surface area (Å²) < 4.78 is 6.21. The third-order valence-electron chi connectivity index (χ3n) is 4.17. The highest BCUT2D eigenvalue weighted by molar-refractivity contribution is 5.33. The van der Waals surface area contributed by atoms with Crippen molar-refractivity contribution in [1.82, 2.24) is 5.32 Å².